The van der Waals surface area contributed by atoms with E-state index < -0.39 is 11.1 Å². The molecule has 3 nitrogen and oxygen atoms in total. The average molecular weight is 150 g/mol. The van der Waals surface area contributed by atoms with Gasteiger partial charge in [-0.1, -0.05) is 0 Å². The van der Waals surface area contributed by atoms with Crippen molar-refractivity contribution in [2.24, 2.45) is 0 Å². The van der Waals surface area contributed by atoms with E-state index in [9.17, 15) is 4.21 Å². The van der Waals surface area contributed by atoms with Crippen molar-refractivity contribution in [2.45, 2.75) is 18.1 Å². The van der Waals surface area contributed by atoms with Gasteiger partial charge in [-0.25, -0.2) is 4.21 Å². The quantitative estimate of drug-likeness (QED) is 0.550. The average Bonchev–Trinajstić information content (AvgIpc) is 1.90. The molecule has 0 aromatic carbocycles. The number of ether oxygens (including phenoxy) is 1. The normalized spacial score (nSPS) is 31.9. The summed E-state index contributed by atoms with van der Waals surface area (Å²) in [5, 5.41) is -0.140. The highest BCUT2D eigenvalue weighted by molar-refractivity contribution is 7.79. The fraction of sp³-hybridized carbons (Fsp3) is 1.00. The predicted molar refractivity (Wildman–Crippen MR) is 34.6 cm³/mol. The number of rotatable bonds is 1. The first-order valence-electron chi connectivity index (χ1n) is 2.98. The Morgan fingerprint density at radius 1 is 1.67 bits per heavy atom. The molecule has 1 aliphatic rings. The summed E-state index contributed by atoms with van der Waals surface area (Å²) >= 11 is -1.68. The molecule has 54 valence electrons. The highest BCUT2D eigenvalue weighted by atomic mass is 32.2. The van der Waals surface area contributed by atoms with Gasteiger partial charge in [-0.05, 0) is 12.8 Å². The van der Waals surface area contributed by atoms with Gasteiger partial charge in [0.1, 0.15) is 0 Å². The lowest BCUT2D eigenvalue weighted by molar-refractivity contribution is 0.0988. The molecule has 1 N–H and O–H groups in total. The summed E-state index contributed by atoms with van der Waals surface area (Å²) in [5.74, 6) is 0. The third-order valence-electron chi connectivity index (χ3n) is 1.40. The zero-order valence-corrected chi connectivity index (χ0v) is 5.89. The van der Waals surface area contributed by atoms with Gasteiger partial charge in [0.2, 0.25) is 0 Å². The molecule has 1 fully saturated rings. The van der Waals surface area contributed by atoms with E-state index in [0.29, 0.717) is 6.61 Å². The van der Waals surface area contributed by atoms with Gasteiger partial charge >= 0.3 is 0 Å². The maximum Gasteiger partial charge on any atom is 0.158 e. The Labute approximate surface area is 56.7 Å². The minimum absolute atomic E-state index is 0.140. The van der Waals surface area contributed by atoms with E-state index in [1.54, 1.807) is 0 Å². The molecule has 2 atom stereocenters. The molecule has 2 unspecified atom stereocenters. The molecule has 9 heavy (non-hydrogen) atoms. The van der Waals surface area contributed by atoms with Crippen molar-refractivity contribution in [3.8, 4) is 0 Å². The molecule has 0 radical (unpaired) electrons. The van der Waals surface area contributed by atoms with Crippen LogP contribution in [0.1, 0.15) is 12.8 Å². The molecule has 1 rings (SSSR count). The smallest absolute Gasteiger partial charge is 0.158 e. The standard InChI is InChI=1S/C5H10O3S/c6-9(7)5-2-1-3-8-4-5/h5H,1-4H2,(H,6,7). The first-order valence-corrected chi connectivity index (χ1v) is 4.15. The monoisotopic (exact) mass is 150 g/mol. The Morgan fingerprint density at radius 3 is 2.78 bits per heavy atom. The topological polar surface area (TPSA) is 46.5 Å². The summed E-state index contributed by atoms with van der Waals surface area (Å²) in [6.07, 6.45) is 1.74. The van der Waals surface area contributed by atoms with E-state index in [0.717, 1.165) is 19.4 Å². The van der Waals surface area contributed by atoms with Gasteiger partial charge in [0.25, 0.3) is 0 Å². The molecule has 0 spiro atoms. The van der Waals surface area contributed by atoms with E-state index in [4.69, 9.17) is 9.29 Å². The van der Waals surface area contributed by atoms with E-state index in [1.807, 2.05) is 0 Å². The molecular formula is C5H10O3S. The van der Waals surface area contributed by atoms with Gasteiger partial charge in [-0.3, -0.25) is 0 Å². The summed E-state index contributed by atoms with van der Waals surface area (Å²) in [5.41, 5.74) is 0. The number of hydrogen-bond acceptors (Lipinski definition) is 2. The second-order valence-electron chi connectivity index (χ2n) is 2.12. The lowest BCUT2D eigenvalue weighted by Crippen LogP contribution is -2.26. The molecule has 0 aliphatic carbocycles. The highest BCUT2D eigenvalue weighted by Gasteiger charge is 2.18. The molecular weight excluding hydrogens is 140 g/mol. The first-order chi connectivity index (χ1) is 4.30. The van der Waals surface area contributed by atoms with Crippen LogP contribution in [0, 0.1) is 0 Å². The Balaban J connectivity index is 2.31. The lowest BCUT2D eigenvalue weighted by Gasteiger charge is -2.17. The number of hydrogen-bond donors (Lipinski definition) is 1. The predicted octanol–water partition coefficient (Wildman–Crippen LogP) is 0.387. The first kappa shape index (κ1) is 7.18. The Bertz CT molecular complexity index is 109. The van der Waals surface area contributed by atoms with Crippen LogP contribution in [0.2, 0.25) is 0 Å². The maximum absolute atomic E-state index is 10.4. The summed E-state index contributed by atoms with van der Waals surface area (Å²) in [7, 11) is 0. The largest absolute Gasteiger partial charge is 0.380 e. The molecule has 0 aromatic heterocycles. The van der Waals surface area contributed by atoms with E-state index in [1.165, 1.54) is 0 Å². The summed E-state index contributed by atoms with van der Waals surface area (Å²) in [4.78, 5) is 0. The van der Waals surface area contributed by atoms with Gasteiger partial charge in [-0.15, -0.1) is 0 Å². The van der Waals surface area contributed by atoms with Crippen LogP contribution >= 0.6 is 0 Å². The third kappa shape index (κ3) is 2.04. The Hall–Kier alpha value is 0.0700. The van der Waals surface area contributed by atoms with E-state index >= 15 is 0 Å². The zero-order chi connectivity index (χ0) is 6.69. The SMILES string of the molecule is O=S(O)C1CCCOC1. The lowest BCUT2D eigenvalue weighted by atomic mass is 10.2. The van der Waals surface area contributed by atoms with Gasteiger partial charge in [-0.2, -0.15) is 0 Å². The molecule has 0 bridgehead atoms. The Morgan fingerprint density at radius 2 is 2.44 bits per heavy atom. The fourth-order valence-electron chi connectivity index (χ4n) is 0.870. The van der Waals surface area contributed by atoms with Crippen LogP contribution in [-0.4, -0.2) is 27.2 Å². The van der Waals surface area contributed by atoms with Crippen molar-refractivity contribution in [3.05, 3.63) is 0 Å². The zero-order valence-electron chi connectivity index (χ0n) is 5.08. The van der Waals surface area contributed by atoms with Crippen LogP contribution in [0.3, 0.4) is 0 Å². The van der Waals surface area contributed by atoms with Gasteiger partial charge in [0.05, 0.1) is 11.9 Å². The Kier molecular flexibility index (Phi) is 2.63. The van der Waals surface area contributed by atoms with Crippen molar-refractivity contribution in [3.63, 3.8) is 0 Å². The van der Waals surface area contributed by atoms with Crippen molar-refractivity contribution < 1.29 is 13.5 Å². The molecule has 1 heterocycles. The van der Waals surface area contributed by atoms with Gasteiger partial charge in [0, 0.05) is 6.61 Å². The van der Waals surface area contributed by atoms with Crippen LogP contribution < -0.4 is 0 Å². The molecule has 0 amide bonds. The van der Waals surface area contributed by atoms with Crippen molar-refractivity contribution >= 4 is 11.1 Å². The minimum atomic E-state index is -1.68. The molecule has 4 heteroatoms. The van der Waals surface area contributed by atoms with Crippen LogP contribution in [-0.2, 0) is 15.8 Å². The molecule has 1 aliphatic heterocycles. The molecule has 0 aromatic rings. The van der Waals surface area contributed by atoms with E-state index in [-0.39, 0.29) is 5.25 Å². The minimum Gasteiger partial charge on any atom is -0.380 e. The second-order valence-corrected chi connectivity index (χ2v) is 3.33. The molecule has 0 saturated carbocycles. The van der Waals surface area contributed by atoms with Gasteiger partial charge < -0.3 is 9.29 Å². The van der Waals surface area contributed by atoms with Crippen molar-refractivity contribution in [1.82, 2.24) is 0 Å². The van der Waals surface area contributed by atoms with Crippen molar-refractivity contribution in [2.75, 3.05) is 13.2 Å². The fourth-order valence-corrected chi connectivity index (χ4v) is 1.45. The van der Waals surface area contributed by atoms with Crippen LogP contribution in [0.25, 0.3) is 0 Å². The van der Waals surface area contributed by atoms with E-state index in [2.05, 4.69) is 0 Å². The summed E-state index contributed by atoms with van der Waals surface area (Å²) < 4.78 is 23.9. The third-order valence-corrected chi connectivity index (χ3v) is 2.35. The highest BCUT2D eigenvalue weighted by Crippen LogP contribution is 2.09. The maximum atomic E-state index is 10.4. The van der Waals surface area contributed by atoms with Crippen LogP contribution in [0.15, 0.2) is 0 Å². The summed E-state index contributed by atoms with van der Waals surface area (Å²) in [6.45, 7) is 1.19. The summed E-state index contributed by atoms with van der Waals surface area (Å²) in [6, 6.07) is 0. The van der Waals surface area contributed by atoms with Crippen LogP contribution in [0.4, 0.5) is 0 Å². The molecule has 1 saturated heterocycles. The van der Waals surface area contributed by atoms with Crippen molar-refractivity contribution in [1.29, 1.82) is 0 Å². The van der Waals surface area contributed by atoms with Gasteiger partial charge in [0.15, 0.2) is 11.1 Å². The van der Waals surface area contributed by atoms with Crippen LogP contribution in [0.5, 0.6) is 0 Å². The second kappa shape index (κ2) is 3.29.